The minimum absolute atomic E-state index is 0.404. The van der Waals surface area contributed by atoms with E-state index >= 15 is 0 Å². The lowest BCUT2D eigenvalue weighted by Gasteiger charge is -2.03. The average Bonchev–Trinajstić information content (AvgIpc) is 2.63. The molecule has 0 aliphatic carbocycles. The van der Waals surface area contributed by atoms with Crippen LogP contribution in [0.25, 0.3) is 5.57 Å². The highest BCUT2D eigenvalue weighted by atomic mass is 35.5. The second kappa shape index (κ2) is 12.9. The molecular formula is C20H25ClN2O2. The van der Waals surface area contributed by atoms with Crippen molar-refractivity contribution in [3.63, 3.8) is 0 Å². The van der Waals surface area contributed by atoms with Crippen molar-refractivity contribution >= 4 is 23.1 Å². The Morgan fingerprint density at radius 3 is 2.56 bits per heavy atom. The lowest BCUT2D eigenvalue weighted by Crippen LogP contribution is -2.01. The third-order valence-corrected chi connectivity index (χ3v) is 3.03. The normalized spacial score (nSPS) is 10.4. The maximum Gasteiger partial charge on any atom is 0.337 e. The summed E-state index contributed by atoms with van der Waals surface area (Å²) >= 11 is 5.56. The summed E-state index contributed by atoms with van der Waals surface area (Å²) in [5.41, 5.74) is 4.64. The first kappa shape index (κ1) is 22.5. The molecule has 134 valence electrons. The van der Waals surface area contributed by atoms with Crippen LogP contribution in [0.1, 0.15) is 41.3 Å². The minimum Gasteiger partial charge on any atom is -0.465 e. The van der Waals surface area contributed by atoms with Crippen LogP contribution in [0, 0.1) is 13.8 Å². The van der Waals surface area contributed by atoms with E-state index < -0.39 is 5.97 Å². The first-order valence-electron chi connectivity index (χ1n) is 7.90. The van der Waals surface area contributed by atoms with Gasteiger partial charge in [0.05, 0.1) is 24.1 Å². The van der Waals surface area contributed by atoms with Gasteiger partial charge >= 0.3 is 5.97 Å². The van der Waals surface area contributed by atoms with Gasteiger partial charge in [0, 0.05) is 23.0 Å². The quantitative estimate of drug-likeness (QED) is 0.536. The molecule has 0 bridgehead atoms. The average molecular weight is 361 g/mol. The first-order chi connectivity index (χ1) is 12.0. The smallest absolute Gasteiger partial charge is 0.337 e. The topological polar surface area (TPSA) is 52.1 Å². The summed E-state index contributed by atoms with van der Waals surface area (Å²) in [7, 11) is 1.34. The first-order valence-corrected chi connectivity index (χ1v) is 8.34. The van der Waals surface area contributed by atoms with Crippen LogP contribution in [0.2, 0.25) is 0 Å². The minimum atomic E-state index is -0.425. The van der Waals surface area contributed by atoms with E-state index in [1.54, 1.807) is 49.5 Å². The number of aryl methyl sites for hydroxylation is 2. The molecule has 5 heteroatoms. The molecule has 0 fully saturated rings. The summed E-state index contributed by atoms with van der Waals surface area (Å²) in [6.07, 6.45) is 6.76. The maximum absolute atomic E-state index is 11.7. The van der Waals surface area contributed by atoms with Crippen LogP contribution in [0.15, 0.2) is 54.7 Å². The molecule has 0 amide bonds. The Balaban J connectivity index is 0.00000277. The molecule has 0 saturated carbocycles. The molecule has 0 radical (unpaired) electrons. The van der Waals surface area contributed by atoms with Gasteiger partial charge in [0.1, 0.15) is 0 Å². The highest BCUT2D eigenvalue weighted by Crippen LogP contribution is 2.15. The van der Waals surface area contributed by atoms with E-state index in [0.717, 1.165) is 5.57 Å². The van der Waals surface area contributed by atoms with E-state index in [2.05, 4.69) is 16.5 Å². The van der Waals surface area contributed by atoms with Crippen molar-refractivity contribution in [3.8, 4) is 0 Å². The van der Waals surface area contributed by atoms with Gasteiger partial charge in [0.2, 0.25) is 0 Å². The molecule has 1 aromatic heterocycles. The van der Waals surface area contributed by atoms with E-state index in [0.29, 0.717) is 22.6 Å². The van der Waals surface area contributed by atoms with Crippen molar-refractivity contribution in [2.45, 2.75) is 27.7 Å². The Morgan fingerprint density at radius 2 is 2.00 bits per heavy atom. The molecule has 0 N–H and O–H groups in total. The Kier molecular flexibility index (Phi) is 11.6. The molecule has 1 aromatic rings. The maximum atomic E-state index is 11.7. The van der Waals surface area contributed by atoms with Gasteiger partial charge in [-0.05, 0) is 32.0 Å². The number of ether oxygens (including phenoxy) is 1. The van der Waals surface area contributed by atoms with E-state index in [-0.39, 0.29) is 0 Å². The highest BCUT2D eigenvalue weighted by molar-refractivity contribution is 6.25. The van der Waals surface area contributed by atoms with Crippen LogP contribution in [0.4, 0.5) is 0 Å². The molecule has 0 unspecified atom stereocenters. The predicted molar refractivity (Wildman–Crippen MR) is 105 cm³/mol. The number of hydrogen-bond acceptors (Lipinski definition) is 4. The van der Waals surface area contributed by atoms with E-state index in [1.807, 2.05) is 20.8 Å². The Hall–Kier alpha value is -2.46. The molecule has 0 spiro atoms. The number of carbonyl (C=O) groups excluding carboxylic acids is 1. The number of esters is 1. The van der Waals surface area contributed by atoms with Crippen molar-refractivity contribution in [2.75, 3.05) is 7.11 Å². The third-order valence-electron chi connectivity index (χ3n) is 2.88. The molecule has 25 heavy (non-hydrogen) atoms. The summed E-state index contributed by atoms with van der Waals surface area (Å²) in [5.74, 6) is -0.425. The summed E-state index contributed by atoms with van der Waals surface area (Å²) < 4.78 is 4.74. The molecular weight excluding hydrogens is 336 g/mol. The number of halogens is 1. The zero-order valence-corrected chi connectivity index (χ0v) is 16.2. The molecule has 0 atom stereocenters. The van der Waals surface area contributed by atoms with Crippen molar-refractivity contribution in [3.05, 3.63) is 77.4 Å². The number of allylic oxidation sites excluding steroid dienone is 4. The standard InChI is InChI=1S/C18H19ClN2O2.C2H6/c1-5-15(8-6-10-19)17-14(3)21-13(2)12-16(18(22)23-4)9-7-11-20-17;1-2/h5-12H,1H2,2-4H3;1-2H3/b9-7?,10-6+,11-7?,13-12?,15-8+,16-9?,16-12?,17-14?,20-11?,20-17?,21-13?,21-14?;. The summed E-state index contributed by atoms with van der Waals surface area (Å²) in [6.45, 7) is 11.4. The van der Waals surface area contributed by atoms with Crippen LogP contribution in [0.3, 0.4) is 0 Å². The Labute approximate surface area is 155 Å². The summed E-state index contributed by atoms with van der Waals surface area (Å²) in [5, 5.41) is 0. The number of carbonyl (C=O) groups is 1. The van der Waals surface area contributed by atoms with E-state index in [9.17, 15) is 4.79 Å². The lowest BCUT2D eigenvalue weighted by molar-refractivity contribution is 0.0600. The molecule has 1 rings (SSSR count). The van der Waals surface area contributed by atoms with Gasteiger partial charge in [0.15, 0.2) is 0 Å². The van der Waals surface area contributed by atoms with Crippen molar-refractivity contribution in [2.24, 2.45) is 0 Å². The van der Waals surface area contributed by atoms with Gasteiger partial charge in [0.25, 0.3) is 0 Å². The number of nitrogens with zero attached hydrogens (tertiary/aromatic N) is 2. The van der Waals surface area contributed by atoms with Crippen LogP contribution in [0.5, 0.6) is 0 Å². The summed E-state index contributed by atoms with van der Waals surface area (Å²) in [4.78, 5) is 20.6. The molecule has 0 saturated heterocycles. The van der Waals surface area contributed by atoms with Crippen molar-refractivity contribution < 1.29 is 9.53 Å². The van der Waals surface area contributed by atoms with Gasteiger partial charge in [-0.1, -0.05) is 50.3 Å². The highest BCUT2D eigenvalue weighted by Gasteiger charge is 2.05. The molecule has 0 aliphatic heterocycles. The fraction of sp³-hybridized carbons (Fsp3) is 0.250. The van der Waals surface area contributed by atoms with E-state index in [4.69, 9.17) is 16.3 Å². The van der Waals surface area contributed by atoms with Gasteiger partial charge in [-0.25, -0.2) is 4.79 Å². The van der Waals surface area contributed by atoms with Gasteiger partial charge < -0.3 is 4.74 Å². The lowest BCUT2D eigenvalue weighted by atomic mass is 10.1. The largest absolute Gasteiger partial charge is 0.465 e. The fourth-order valence-electron chi connectivity index (χ4n) is 1.89. The molecule has 0 aliphatic rings. The number of rotatable bonds is 4. The fourth-order valence-corrected chi connectivity index (χ4v) is 1.97. The second-order valence-corrected chi connectivity index (χ2v) is 4.81. The molecule has 0 aromatic carbocycles. The number of aromatic nitrogens is 2. The number of methoxy groups -OCH3 is 1. The molecule has 4 nitrogen and oxygen atoms in total. The van der Waals surface area contributed by atoms with Crippen LogP contribution in [-0.4, -0.2) is 23.0 Å². The Bertz CT molecular complexity index is 709. The number of hydrogen-bond donors (Lipinski definition) is 0. The summed E-state index contributed by atoms with van der Waals surface area (Å²) in [6, 6.07) is 4.97. The second-order valence-electron chi connectivity index (χ2n) is 4.56. The van der Waals surface area contributed by atoms with Gasteiger partial charge in [-0.3, -0.25) is 9.97 Å². The predicted octanol–water partition coefficient (Wildman–Crippen LogP) is 5.35. The SMILES string of the molecule is C=C/C(=C\C=C\Cl)c1ncccc(C(=O)OC)cc(C)nc1C.CC. The van der Waals surface area contributed by atoms with Crippen LogP contribution < -0.4 is 0 Å². The third kappa shape index (κ3) is 7.77. The van der Waals surface area contributed by atoms with Crippen molar-refractivity contribution in [1.82, 2.24) is 9.97 Å². The van der Waals surface area contributed by atoms with Gasteiger partial charge in [-0.15, -0.1) is 0 Å². The molecule has 1 heterocycles. The zero-order chi connectivity index (χ0) is 19.2. The van der Waals surface area contributed by atoms with Crippen LogP contribution in [-0.2, 0) is 4.74 Å². The van der Waals surface area contributed by atoms with Crippen molar-refractivity contribution in [1.29, 1.82) is 0 Å². The zero-order valence-electron chi connectivity index (χ0n) is 15.4. The monoisotopic (exact) mass is 360 g/mol. The van der Waals surface area contributed by atoms with Gasteiger partial charge in [-0.2, -0.15) is 0 Å². The van der Waals surface area contributed by atoms with E-state index in [1.165, 1.54) is 12.6 Å². The van der Waals surface area contributed by atoms with Crippen LogP contribution >= 0.6 is 11.6 Å². The Morgan fingerprint density at radius 1 is 1.32 bits per heavy atom.